The number of nitrogens with one attached hydrogen (secondary N) is 1. The van der Waals surface area contributed by atoms with Crippen LogP contribution in [-0.2, 0) is 32.7 Å². The maximum Gasteiger partial charge on any atom is 0.243 e. The van der Waals surface area contributed by atoms with Crippen LogP contribution in [0.1, 0.15) is 51.8 Å². The van der Waals surface area contributed by atoms with Gasteiger partial charge in [-0.15, -0.1) is 0 Å². The summed E-state index contributed by atoms with van der Waals surface area (Å²) in [5.41, 5.74) is 2.42. The molecule has 0 aliphatic rings. The van der Waals surface area contributed by atoms with Gasteiger partial charge in [0, 0.05) is 49.2 Å². The molecule has 2 amide bonds. The highest BCUT2D eigenvalue weighted by atomic mass is 35.5. The number of nitrogens with zero attached hydrogens (tertiary/aromatic N) is 3. The van der Waals surface area contributed by atoms with Gasteiger partial charge in [-0.25, -0.2) is 8.42 Å². The van der Waals surface area contributed by atoms with Crippen molar-refractivity contribution in [2.45, 2.75) is 58.5 Å². The highest BCUT2D eigenvalue weighted by Crippen LogP contribution is 2.21. The first-order valence-electron chi connectivity index (χ1n) is 13.5. The summed E-state index contributed by atoms with van der Waals surface area (Å²) in [6.45, 7) is 8.81. The smallest absolute Gasteiger partial charge is 0.243 e. The fraction of sp³-hybridized carbons (Fsp3) is 0.400. The zero-order valence-corrected chi connectivity index (χ0v) is 25.2. The number of hydrogen-bond donors (Lipinski definition) is 1. The molecule has 216 valence electrons. The highest BCUT2D eigenvalue weighted by molar-refractivity contribution is 7.89. The predicted octanol–water partition coefficient (Wildman–Crippen LogP) is 5.62. The van der Waals surface area contributed by atoms with Crippen molar-refractivity contribution in [3.63, 3.8) is 0 Å². The number of anilines is 1. The molecule has 3 rings (SSSR count). The van der Waals surface area contributed by atoms with E-state index in [1.807, 2.05) is 63.4 Å². The van der Waals surface area contributed by atoms with Crippen molar-refractivity contribution in [2.24, 2.45) is 5.92 Å². The van der Waals surface area contributed by atoms with E-state index in [-0.39, 0.29) is 35.7 Å². The maximum absolute atomic E-state index is 13.7. The van der Waals surface area contributed by atoms with Gasteiger partial charge in [0.1, 0.15) is 0 Å². The monoisotopic (exact) mass is 586 g/mol. The Balaban J connectivity index is 1.82. The minimum Gasteiger partial charge on any atom is -0.345 e. The normalized spacial score (nSPS) is 11.7. The number of aromatic nitrogens is 1. The number of carbonyl (C=O) groups excluding carboxylic acids is 2. The molecule has 40 heavy (non-hydrogen) atoms. The summed E-state index contributed by atoms with van der Waals surface area (Å²) in [5, 5.41) is 3.32. The van der Waals surface area contributed by atoms with Gasteiger partial charge in [0.25, 0.3) is 0 Å². The SMILES string of the molecule is CCCCN(CC(=O)N(Cc1cccn1Cc1ccccc1Cl)CC(C)C)S(=O)(=O)c1ccc(NC(C)=O)cc1. The molecular weight excluding hydrogens is 548 g/mol. The molecule has 3 aromatic rings. The Morgan fingerprint density at radius 3 is 2.35 bits per heavy atom. The third-order valence-electron chi connectivity index (χ3n) is 6.40. The zero-order chi connectivity index (χ0) is 29.3. The minimum atomic E-state index is -3.94. The molecule has 0 aliphatic heterocycles. The molecule has 2 aromatic carbocycles. The summed E-state index contributed by atoms with van der Waals surface area (Å²) in [6.07, 6.45) is 3.37. The highest BCUT2D eigenvalue weighted by Gasteiger charge is 2.29. The molecule has 0 atom stereocenters. The van der Waals surface area contributed by atoms with Gasteiger partial charge in [-0.3, -0.25) is 9.59 Å². The van der Waals surface area contributed by atoms with Crippen molar-refractivity contribution in [1.29, 1.82) is 0 Å². The van der Waals surface area contributed by atoms with Gasteiger partial charge in [-0.1, -0.05) is 57.0 Å². The summed E-state index contributed by atoms with van der Waals surface area (Å²) < 4.78 is 30.5. The lowest BCUT2D eigenvalue weighted by molar-refractivity contribution is -0.132. The molecule has 0 bridgehead atoms. The van der Waals surface area contributed by atoms with Crippen molar-refractivity contribution < 1.29 is 18.0 Å². The van der Waals surface area contributed by atoms with Gasteiger partial charge in [0.15, 0.2) is 0 Å². The molecule has 1 N–H and O–H groups in total. The summed E-state index contributed by atoms with van der Waals surface area (Å²) in [7, 11) is -3.94. The van der Waals surface area contributed by atoms with Gasteiger partial charge in [0.05, 0.1) is 18.0 Å². The number of benzene rings is 2. The first-order valence-corrected chi connectivity index (χ1v) is 15.4. The third kappa shape index (κ3) is 8.68. The number of halogens is 1. The molecule has 0 aliphatic carbocycles. The lowest BCUT2D eigenvalue weighted by Gasteiger charge is -2.29. The minimum absolute atomic E-state index is 0.0783. The molecule has 10 heteroatoms. The van der Waals surface area contributed by atoms with Gasteiger partial charge < -0.3 is 14.8 Å². The van der Waals surface area contributed by atoms with Crippen LogP contribution in [0.4, 0.5) is 5.69 Å². The van der Waals surface area contributed by atoms with Crippen molar-refractivity contribution in [1.82, 2.24) is 13.8 Å². The number of sulfonamides is 1. The number of unbranched alkanes of at least 4 members (excludes halogenated alkanes) is 1. The van der Waals surface area contributed by atoms with E-state index in [0.29, 0.717) is 36.8 Å². The quantitative estimate of drug-likeness (QED) is 0.265. The van der Waals surface area contributed by atoms with Gasteiger partial charge in [0.2, 0.25) is 21.8 Å². The number of amides is 2. The maximum atomic E-state index is 13.7. The van der Waals surface area contributed by atoms with E-state index in [9.17, 15) is 18.0 Å². The lowest BCUT2D eigenvalue weighted by Crippen LogP contribution is -2.44. The number of rotatable bonds is 14. The molecule has 0 saturated carbocycles. The number of hydrogen-bond acceptors (Lipinski definition) is 4. The number of carbonyl (C=O) groups is 2. The predicted molar refractivity (Wildman–Crippen MR) is 160 cm³/mol. The topological polar surface area (TPSA) is 91.7 Å². The average molecular weight is 587 g/mol. The van der Waals surface area contributed by atoms with Crippen LogP contribution in [0.15, 0.2) is 71.8 Å². The second-order valence-corrected chi connectivity index (χ2v) is 12.6. The molecule has 0 spiro atoms. The average Bonchev–Trinajstić information content (AvgIpc) is 3.33. The van der Waals surface area contributed by atoms with E-state index in [0.717, 1.165) is 17.7 Å². The lowest BCUT2D eigenvalue weighted by atomic mass is 10.2. The Bertz CT molecular complexity index is 1390. The molecule has 1 heterocycles. The van der Waals surface area contributed by atoms with Crippen LogP contribution in [0.2, 0.25) is 5.02 Å². The Hall–Kier alpha value is -3.14. The van der Waals surface area contributed by atoms with E-state index in [4.69, 9.17) is 11.6 Å². The van der Waals surface area contributed by atoms with Crippen LogP contribution in [0.5, 0.6) is 0 Å². The molecular formula is C30H39ClN4O4S. The first kappa shape index (κ1) is 31.4. The van der Waals surface area contributed by atoms with Crippen LogP contribution in [0.3, 0.4) is 0 Å². The van der Waals surface area contributed by atoms with E-state index in [1.165, 1.54) is 23.4 Å². The molecule has 1 aromatic heterocycles. The van der Waals surface area contributed by atoms with Crippen molar-refractivity contribution in [2.75, 3.05) is 25.0 Å². The summed E-state index contributed by atoms with van der Waals surface area (Å²) >= 11 is 6.38. The fourth-order valence-electron chi connectivity index (χ4n) is 4.38. The van der Waals surface area contributed by atoms with Crippen LogP contribution < -0.4 is 5.32 Å². The molecule has 0 unspecified atom stereocenters. The molecule has 0 saturated heterocycles. The molecule has 0 radical (unpaired) electrons. The van der Waals surface area contributed by atoms with Gasteiger partial charge in [-0.2, -0.15) is 4.31 Å². The molecule has 8 nitrogen and oxygen atoms in total. The molecule has 0 fully saturated rings. The fourth-order valence-corrected chi connectivity index (χ4v) is 6.00. The standard InChI is InChI=1S/C30H39ClN4O4S/c1-5-6-18-35(40(38,39)28-15-13-26(14-16-28)32-24(4)36)22-30(37)34(19-23(2)3)21-27-11-9-17-33(27)20-25-10-7-8-12-29(25)31/h7-17,23H,5-6,18-22H2,1-4H3,(H,32,36). The first-order chi connectivity index (χ1) is 19.0. The van der Waals surface area contributed by atoms with Crippen LogP contribution >= 0.6 is 11.6 Å². The second-order valence-electron chi connectivity index (χ2n) is 10.3. The Labute approximate surface area is 243 Å². The van der Waals surface area contributed by atoms with Crippen LogP contribution in [-0.4, -0.2) is 53.6 Å². The Morgan fingerprint density at radius 1 is 1.02 bits per heavy atom. The van der Waals surface area contributed by atoms with E-state index in [2.05, 4.69) is 9.88 Å². The van der Waals surface area contributed by atoms with E-state index in [1.54, 1.807) is 17.0 Å². The van der Waals surface area contributed by atoms with Crippen LogP contribution in [0, 0.1) is 5.92 Å². The third-order valence-corrected chi connectivity index (χ3v) is 8.63. The van der Waals surface area contributed by atoms with Crippen LogP contribution in [0.25, 0.3) is 0 Å². The van der Waals surface area contributed by atoms with Crippen molar-refractivity contribution >= 4 is 39.1 Å². The largest absolute Gasteiger partial charge is 0.345 e. The van der Waals surface area contributed by atoms with Crippen molar-refractivity contribution in [3.05, 3.63) is 83.1 Å². The second kappa shape index (κ2) is 14.5. The van der Waals surface area contributed by atoms with Gasteiger partial charge >= 0.3 is 0 Å². The van der Waals surface area contributed by atoms with E-state index >= 15 is 0 Å². The summed E-state index contributed by atoms with van der Waals surface area (Å²) in [6, 6.07) is 17.6. The van der Waals surface area contributed by atoms with E-state index < -0.39 is 10.0 Å². The zero-order valence-electron chi connectivity index (χ0n) is 23.6. The van der Waals surface area contributed by atoms with Crippen molar-refractivity contribution in [3.8, 4) is 0 Å². The van der Waals surface area contributed by atoms with Gasteiger partial charge in [-0.05, 0) is 60.4 Å². The Kier molecular flexibility index (Phi) is 11.4. The Morgan fingerprint density at radius 2 is 1.73 bits per heavy atom. The summed E-state index contributed by atoms with van der Waals surface area (Å²) in [4.78, 5) is 26.8. The summed E-state index contributed by atoms with van der Waals surface area (Å²) in [5.74, 6) is -0.305.